The van der Waals surface area contributed by atoms with Crippen molar-refractivity contribution in [3.8, 4) is 20.9 Å². The summed E-state index contributed by atoms with van der Waals surface area (Å²) < 4.78 is 8.32. The maximum Gasteiger partial charge on any atom is 0.301 e. The zero-order valence-corrected chi connectivity index (χ0v) is 10.7. The van der Waals surface area contributed by atoms with E-state index in [1.165, 1.54) is 0 Å². The predicted octanol–water partition coefficient (Wildman–Crippen LogP) is 5.42. The molecule has 0 saturated heterocycles. The van der Waals surface area contributed by atoms with Gasteiger partial charge < -0.3 is 0 Å². The van der Waals surface area contributed by atoms with Crippen molar-refractivity contribution < 1.29 is 1.37 Å². The molecule has 3 rings (SSSR count). The molecule has 0 unspecified atom stereocenters. The van der Waals surface area contributed by atoms with Gasteiger partial charge in [0.05, 0.1) is 6.25 Å². The Balaban J connectivity index is 2.09. The van der Waals surface area contributed by atoms with Crippen LogP contribution in [-0.2, 0) is 0 Å². The second-order valence-corrected chi connectivity index (χ2v) is 5.83. The van der Waals surface area contributed by atoms with Crippen LogP contribution in [0, 0.1) is 0 Å². The Kier molecular flexibility index (Phi) is 2.67. The van der Waals surface area contributed by atoms with E-state index in [-0.39, 0.29) is 0 Å². The van der Waals surface area contributed by atoms with Crippen LogP contribution in [0.25, 0.3) is 20.9 Å². The summed E-state index contributed by atoms with van der Waals surface area (Å²) in [6.07, 6.45) is 0. The number of benzene rings is 2. The third-order valence-electron chi connectivity index (χ3n) is 2.51. The van der Waals surface area contributed by atoms with Gasteiger partial charge in [-0.25, -0.2) is 0 Å². The summed E-state index contributed by atoms with van der Waals surface area (Å²) >= 11 is 0. The maximum atomic E-state index is 8.32. The van der Waals surface area contributed by atoms with Crippen LogP contribution in [-0.4, -0.2) is 0 Å². The van der Waals surface area contributed by atoms with Gasteiger partial charge in [-0.2, -0.15) is 0 Å². The molecule has 0 spiro atoms. The standard InChI is InChI=1S/C15H11S2/c1-3-7-12(8-4-1)14-11-15(17-16-14)13-9-5-2-6-10-13/h1-11H/q+1/i11D. The second-order valence-electron chi connectivity index (χ2n) is 3.68. The average molecular weight is 256 g/mol. The lowest BCUT2D eigenvalue weighted by atomic mass is 10.1. The molecule has 2 heteroatoms. The molecule has 0 amide bonds. The Hall–Kier alpha value is -1.51. The quantitative estimate of drug-likeness (QED) is 0.424. The summed E-state index contributed by atoms with van der Waals surface area (Å²) in [6.45, 7) is 0. The van der Waals surface area contributed by atoms with Gasteiger partial charge in [-0.05, 0) is 17.7 Å². The second kappa shape index (κ2) is 4.78. The first-order chi connectivity index (χ1) is 8.86. The zero-order valence-electron chi connectivity index (χ0n) is 10.1. The molecular formula is C15H11S2+. The van der Waals surface area contributed by atoms with Crippen molar-refractivity contribution in [2.24, 2.45) is 0 Å². The van der Waals surface area contributed by atoms with Crippen molar-refractivity contribution in [1.29, 1.82) is 0 Å². The van der Waals surface area contributed by atoms with Crippen molar-refractivity contribution in [3.63, 3.8) is 0 Å². The molecule has 0 fully saturated rings. The Morgan fingerprint density at radius 3 is 2.06 bits per heavy atom. The summed E-state index contributed by atoms with van der Waals surface area (Å²) in [6, 6.07) is 21.0. The fraction of sp³-hybridized carbons (Fsp3) is 0. The monoisotopic (exact) mass is 256 g/mol. The molecule has 0 aliphatic carbocycles. The van der Waals surface area contributed by atoms with Crippen molar-refractivity contribution in [2.45, 2.75) is 0 Å². The van der Waals surface area contributed by atoms with Crippen LogP contribution >= 0.6 is 20.7 Å². The maximum absolute atomic E-state index is 8.32. The van der Waals surface area contributed by atoms with Crippen molar-refractivity contribution >= 4 is 20.7 Å². The van der Waals surface area contributed by atoms with E-state index in [0.717, 1.165) is 20.9 Å². The lowest BCUT2D eigenvalue weighted by Gasteiger charge is -1.91. The van der Waals surface area contributed by atoms with Gasteiger partial charge in [0.1, 0.15) is 0 Å². The summed E-state index contributed by atoms with van der Waals surface area (Å²) in [4.78, 5) is 2.11. The van der Waals surface area contributed by atoms with Crippen LogP contribution in [0.4, 0.5) is 0 Å². The molecule has 17 heavy (non-hydrogen) atoms. The third-order valence-corrected chi connectivity index (χ3v) is 4.85. The molecule has 2 aromatic carbocycles. The van der Waals surface area contributed by atoms with Gasteiger partial charge >= 0.3 is 10.3 Å². The lowest BCUT2D eigenvalue weighted by molar-refractivity contribution is 1.68. The van der Waals surface area contributed by atoms with Gasteiger partial charge in [0, 0.05) is 11.6 Å². The van der Waals surface area contributed by atoms with Crippen LogP contribution in [0.1, 0.15) is 1.37 Å². The predicted molar refractivity (Wildman–Crippen MR) is 77.5 cm³/mol. The Morgan fingerprint density at radius 1 is 0.824 bits per heavy atom. The van der Waals surface area contributed by atoms with Crippen LogP contribution in [0.2, 0.25) is 0 Å². The van der Waals surface area contributed by atoms with E-state index in [4.69, 9.17) is 1.37 Å². The third kappa shape index (κ3) is 2.28. The fourth-order valence-corrected chi connectivity index (χ4v) is 3.96. The first-order valence-corrected chi connectivity index (χ1v) is 7.55. The molecule has 0 N–H and O–H groups in total. The van der Waals surface area contributed by atoms with E-state index in [1.807, 2.05) is 36.4 Å². The van der Waals surface area contributed by atoms with E-state index in [1.54, 1.807) is 20.7 Å². The highest BCUT2D eigenvalue weighted by Crippen LogP contribution is 2.36. The van der Waals surface area contributed by atoms with Crippen LogP contribution in [0.5, 0.6) is 0 Å². The first kappa shape index (κ1) is 9.51. The fourth-order valence-electron chi connectivity index (χ4n) is 1.65. The minimum absolute atomic E-state index is 0.641. The minimum Gasteiger partial charge on any atom is -0.0622 e. The molecule has 1 aromatic heterocycles. The van der Waals surface area contributed by atoms with E-state index in [9.17, 15) is 0 Å². The van der Waals surface area contributed by atoms with Gasteiger partial charge in [0.2, 0.25) is 0 Å². The van der Waals surface area contributed by atoms with Crippen molar-refractivity contribution in [2.75, 3.05) is 0 Å². The highest BCUT2D eigenvalue weighted by molar-refractivity contribution is 7.72. The van der Waals surface area contributed by atoms with Gasteiger partial charge in [-0.1, -0.05) is 48.5 Å². The van der Waals surface area contributed by atoms with E-state index >= 15 is 0 Å². The zero-order chi connectivity index (χ0) is 12.4. The molecule has 0 nitrogen and oxygen atoms in total. The average Bonchev–Trinajstić information content (AvgIpc) is 2.83. The molecule has 3 aromatic rings. The lowest BCUT2D eigenvalue weighted by Crippen LogP contribution is -1.71. The van der Waals surface area contributed by atoms with Crippen LogP contribution in [0.15, 0.2) is 66.7 Å². The summed E-state index contributed by atoms with van der Waals surface area (Å²) in [5, 5.41) is 0. The SMILES string of the molecule is [2H]c1c(-c2ccccc2)s[s+]c1-c1ccccc1. The van der Waals surface area contributed by atoms with Gasteiger partial charge in [-0.15, -0.1) is 0 Å². The van der Waals surface area contributed by atoms with Gasteiger partial charge in [0.15, 0.2) is 10.3 Å². The number of rotatable bonds is 2. The summed E-state index contributed by atoms with van der Waals surface area (Å²) in [7, 11) is 3.36. The largest absolute Gasteiger partial charge is 0.301 e. The molecule has 0 bridgehead atoms. The van der Waals surface area contributed by atoms with E-state index < -0.39 is 0 Å². The Labute approximate surface area is 110 Å². The molecule has 82 valence electrons. The van der Waals surface area contributed by atoms with Crippen LogP contribution < -0.4 is 0 Å². The van der Waals surface area contributed by atoms with Crippen molar-refractivity contribution in [1.82, 2.24) is 0 Å². The number of hydrogen-bond acceptors (Lipinski definition) is 1. The topological polar surface area (TPSA) is 0 Å². The Morgan fingerprint density at radius 2 is 1.41 bits per heavy atom. The summed E-state index contributed by atoms with van der Waals surface area (Å²) in [5.41, 5.74) is 2.26. The van der Waals surface area contributed by atoms with E-state index in [0.29, 0.717) is 6.04 Å². The van der Waals surface area contributed by atoms with Gasteiger partial charge in [0.25, 0.3) is 4.88 Å². The smallest absolute Gasteiger partial charge is 0.0622 e. The van der Waals surface area contributed by atoms with Crippen molar-refractivity contribution in [3.05, 3.63) is 66.7 Å². The molecule has 0 saturated carbocycles. The van der Waals surface area contributed by atoms with Gasteiger partial charge in [-0.3, -0.25) is 0 Å². The highest BCUT2D eigenvalue weighted by atomic mass is 32.9. The minimum atomic E-state index is 0.641. The molecule has 0 atom stereocenters. The normalized spacial score (nSPS) is 11.2. The molecule has 0 radical (unpaired) electrons. The Bertz CT molecular complexity index is 588. The molecular weight excluding hydrogens is 244 g/mol. The number of hydrogen-bond donors (Lipinski definition) is 0. The summed E-state index contributed by atoms with van der Waals surface area (Å²) in [5.74, 6) is 0. The molecule has 0 aliphatic rings. The molecule has 0 aliphatic heterocycles. The first-order valence-electron chi connectivity index (χ1n) is 5.90. The van der Waals surface area contributed by atoms with E-state index in [2.05, 4.69) is 24.3 Å². The van der Waals surface area contributed by atoms with Crippen LogP contribution in [0.3, 0.4) is 0 Å². The highest BCUT2D eigenvalue weighted by Gasteiger charge is 2.16. The molecule has 1 heterocycles.